The van der Waals surface area contributed by atoms with Gasteiger partial charge in [0.05, 0.1) is 0 Å². The molecule has 0 heterocycles. The van der Waals surface area contributed by atoms with Crippen LogP contribution in [0.3, 0.4) is 0 Å². The first-order valence-corrected chi connectivity index (χ1v) is 8.57. The third-order valence-electron chi connectivity index (χ3n) is 3.87. The molecule has 3 heteroatoms. The van der Waals surface area contributed by atoms with Gasteiger partial charge in [0, 0.05) is 12.6 Å². The molecular weight excluding hydrogens is 282 g/mol. The van der Waals surface area contributed by atoms with Crippen LogP contribution < -0.4 is 16.4 Å². The molecule has 0 aliphatic rings. The quantitative estimate of drug-likeness (QED) is 0.591. The predicted octanol–water partition coefficient (Wildman–Crippen LogP) is 3.16. The molecule has 0 spiro atoms. The van der Waals surface area contributed by atoms with Crippen LogP contribution in [0.2, 0.25) is 0 Å². The van der Waals surface area contributed by atoms with E-state index >= 15 is 0 Å². The molecule has 0 fully saturated rings. The second-order valence-electron chi connectivity index (χ2n) is 6.11. The first-order chi connectivity index (χ1) is 11.3. The second kappa shape index (κ2) is 10.2. The number of hydrogen-bond acceptors (Lipinski definition) is 3. The first kappa shape index (κ1) is 17.7. The van der Waals surface area contributed by atoms with Crippen molar-refractivity contribution < 1.29 is 0 Å². The van der Waals surface area contributed by atoms with E-state index in [9.17, 15) is 0 Å². The smallest absolute Gasteiger partial charge is 0.0205 e. The lowest BCUT2D eigenvalue weighted by atomic mass is 10.0. The van der Waals surface area contributed by atoms with Crippen molar-refractivity contribution in [2.75, 3.05) is 19.6 Å². The zero-order valence-corrected chi connectivity index (χ0v) is 14.1. The van der Waals surface area contributed by atoms with E-state index in [2.05, 4.69) is 59.2 Å². The van der Waals surface area contributed by atoms with Gasteiger partial charge in [0.25, 0.3) is 0 Å². The van der Waals surface area contributed by atoms with Crippen molar-refractivity contribution in [1.82, 2.24) is 10.6 Å². The monoisotopic (exact) mass is 311 g/mol. The molecule has 1 atom stereocenters. The Morgan fingerprint density at radius 2 is 1.48 bits per heavy atom. The summed E-state index contributed by atoms with van der Waals surface area (Å²) in [4.78, 5) is 0. The number of nitrogens with one attached hydrogen (secondary N) is 2. The molecule has 0 saturated heterocycles. The number of hydrogen-bond donors (Lipinski definition) is 3. The largest absolute Gasteiger partial charge is 0.328 e. The zero-order valence-electron chi connectivity index (χ0n) is 14.1. The third-order valence-corrected chi connectivity index (χ3v) is 3.87. The summed E-state index contributed by atoms with van der Waals surface area (Å²) in [6.45, 7) is 6.07. The Kier molecular flexibility index (Phi) is 7.81. The van der Waals surface area contributed by atoms with Crippen LogP contribution in [0, 0.1) is 0 Å². The summed E-state index contributed by atoms with van der Waals surface area (Å²) >= 11 is 0. The highest BCUT2D eigenvalue weighted by Crippen LogP contribution is 2.19. The average molecular weight is 311 g/mol. The molecule has 1 unspecified atom stereocenters. The molecule has 0 amide bonds. The molecule has 2 aromatic carbocycles. The van der Waals surface area contributed by atoms with Gasteiger partial charge in [-0.05, 0) is 56.1 Å². The number of rotatable bonds is 10. The molecule has 3 nitrogen and oxygen atoms in total. The van der Waals surface area contributed by atoms with E-state index in [-0.39, 0.29) is 0 Å². The Morgan fingerprint density at radius 3 is 2.17 bits per heavy atom. The first-order valence-electron chi connectivity index (χ1n) is 8.57. The van der Waals surface area contributed by atoms with E-state index in [1.54, 1.807) is 0 Å². The minimum atomic E-state index is 0.291. The minimum Gasteiger partial charge on any atom is -0.328 e. The van der Waals surface area contributed by atoms with Gasteiger partial charge in [-0.2, -0.15) is 0 Å². The molecule has 0 saturated carbocycles. The van der Waals surface area contributed by atoms with E-state index < -0.39 is 0 Å². The Hall–Kier alpha value is -1.68. The second-order valence-corrected chi connectivity index (χ2v) is 6.11. The Labute approximate surface area is 140 Å². The molecule has 4 N–H and O–H groups in total. The lowest BCUT2D eigenvalue weighted by molar-refractivity contribution is 0.558. The molecule has 0 aliphatic carbocycles. The van der Waals surface area contributed by atoms with Crippen LogP contribution in [-0.2, 0) is 6.54 Å². The highest BCUT2D eigenvalue weighted by molar-refractivity contribution is 5.63. The van der Waals surface area contributed by atoms with Crippen LogP contribution in [0.4, 0.5) is 0 Å². The van der Waals surface area contributed by atoms with Crippen molar-refractivity contribution in [3.63, 3.8) is 0 Å². The standard InChI is InChI=1S/C20H29N3/c1-17(21)12-15-22-13-5-14-23-16-18-8-10-20(11-9-18)19-6-3-2-4-7-19/h2-4,6-11,17,22-23H,5,12-16,21H2,1H3. The summed E-state index contributed by atoms with van der Waals surface area (Å²) in [5, 5.41) is 6.92. The summed E-state index contributed by atoms with van der Waals surface area (Å²) in [5.74, 6) is 0. The summed E-state index contributed by atoms with van der Waals surface area (Å²) in [7, 11) is 0. The van der Waals surface area contributed by atoms with Crippen LogP contribution >= 0.6 is 0 Å². The molecule has 2 aromatic rings. The summed E-state index contributed by atoms with van der Waals surface area (Å²) in [6, 6.07) is 19.6. The highest BCUT2D eigenvalue weighted by Gasteiger charge is 1.98. The molecule has 124 valence electrons. The maximum Gasteiger partial charge on any atom is 0.0205 e. The summed E-state index contributed by atoms with van der Waals surface area (Å²) in [5.41, 5.74) is 9.58. The maximum absolute atomic E-state index is 5.71. The molecule has 0 bridgehead atoms. The Morgan fingerprint density at radius 1 is 0.826 bits per heavy atom. The molecule has 2 rings (SSSR count). The molecule has 0 aliphatic heterocycles. The van der Waals surface area contributed by atoms with Crippen LogP contribution in [0.1, 0.15) is 25.3 Å². The van der Waals surface area contributed by atoms with E-state index in [0.717, 1.165) is 39.0 Å². The molecular formula is C20H29N3. The minimum absolute atomic E-state index is 0.291. The van der Waals surface area contributed by atoms with Crippen LogP contribution in [0.5, 0.6) is 0 Å². The van der Waals surface area contributed by atoms with Crippen LogP contribution in [0.25, 0.3) is 11.1 Å². The fourth-order valence-electron chi connectivity index (χ4n) is 2.47. The number of nitrogens with two attached hydrogens (primary N) is 1. The Bertz CT molecular complexity index is 535. The van der Waals surface area contributed by atoms with E-state index in [4.69, 9.17) is 5.73 Å². The normalized spacial score (nSPS) is 12.3. The summed E-state index contributed by atoms with van der Waals surface area (Å²) in [6.07, 6.45) is 2.18. The fourth-order valence-corrected chi connectivity index (χ4v) is 2.47. The van der Waals surface area contributed by atoms with Gasteiger partial charge in [-0.1, -0.05) is 54.6 Å². The van der Waals surface area contributed by atoms with Crippen molar-refractivity contribution in [2.45, 2.75) is 32.4 Å². The van der Waals surface area contributed by atoms with Gasteiger partial charge >= 0.3 is 0 Å². The predicted molar refractivity (Wildman–Crippen MR) is 99.3 cm³/mol. The third kappa shape index (κ3) is 6.95. The topological polar surface area (TPSA) is 50.1 Å². The van der Waals surface area contributed by atoms with E-state index in [1.165, 1.54) is 16.7 Å². The van der Waals surface area contributed by atoms with Crippen molar-refractivity contribution in [1.29, 1.82) is 0 Å². The van der Waals surface area contributed by atoms with Crippen LogP contribution in [0.15, 0.2) is 54.6 Å². The molecule has 0 radical (unpaired) electrons. The van der Waals surface area contributed by atoms with E-state index in [1.807, 2.05) is 13.0 Å². The molecule has 0 aromatic heterocycles. The Balaban J connectivity index is 1.61. The van der Waals surface area contributed by atoms with Gasteiger partial charge in [0.15, 0.2) is 0 Å². The maximum atomic E-state index is 5.71. The van der Waals surface area contributed by atoms with Gasteiger partial charge in [-0.25, -0.2) is 0 Å². The van der Waals surface area contributed by atoms with Gasteiger partial charge in [-0.3, -0.25) is 0 Å². The fraction of sp³-hybridized carbons (Fsp3) is 0.400. The average Bonchev–Trinajstić information content (AvgIpc) is 2.58. The SMILES string of the molecule is CC(N)CCNCCCNCc1ccc(-c2ccccc2)cc1. The van der Waals surface area contributed by atoms with Crippen molar-refractivity contribution in [3.8, 4) is 11.1 Å². The van der Waals surface area contributed by atoms with Gasteiger partial charge in [-0.15, -0.1) is 0 Å². The van der Waals surface area contributed by atoms with Gasteiger partial charge < -0.3 is 16.4 Å². The van der Waals surface area contributed by atoms with Crippen molar-refractivity contribution in [3.05, 3.63) is 60.2 Å². The van der Waals surface area contributed by atoms with Crippen molar-refractivity contribution >= 4 is 0 Å². The van der Waals surface area contributed by atoms with Gasteiger partial charge in [0.1, 0.15) is 0 Å². The van der Waals surface area contributed by atoms with Crippen LogP contribution in [-0.4, -0.2) is 25.7 Å². The molecule has 23 heavy (non-hydrogen) atoms. The lowest BCUT2D eigenvalue weighted by Gasteiger charge is -2.08. The number of benzene rings is 2. The van der Waals surface area contributed by atoms with E-state index in [0.29, 0.717) is 6.04 Å². The van der Waals surface area contributed by atoms with Gasteiger partial charge in [0.2, 0.25) is 0 Å². The summed E-state index contributed by atoms with van der Waals surface area (Å²) < 4.78 is 0. The zero-order chi connectivity index (χ0) is 16.3. The van der Waals surface area contributed by atoms with Crippen molar-refractivity contribution in [2.24, 2.45) is 5.73 Å². The highest BCUT2D eigenvalue weighted by atomic mass is 14.9. The lowest BCUT2D eigenvalue weighted by Crippen LogP contribution is -2.26.